The van der Waals surface area contributed by atoms with Gasteiger partial charge in [-0.05, 0) is 70.3 Å². The summed E-state index contributed by atoms with van der Waals surface area (Å²) in [4.78, 5) is 0. The summed E-state index contributed by atoms with van der Waals surface area (Å²) in [5.74, 6) is -0.894. The number of aryl methyl sites for hydroxylation is 1. The lowest BCUT2D eigenvalue weighted by atomic mass is 9.69. The van der Waals surface area contributed by atoms with Gasteiger partial charge in [0.05, 0.1) is 39.1 Å². The van der Waals surface area contributed by atoms with E-state index in [1.54, 1.807) is 6.07 Å². The Morgan fingerprint density at radius 2 is 1.00 bits per heavy atom. The van der Waals surface area contributed by atoms with Crippen LogP contribution in [0.4, 0.5) is 4.39 Å². The molecule has 1 aliphatic carbocycles. The first-order chi connectivity index (χ1) is 27.5. The van der Waals surface area contributed by atoms with E-state index < -0.39 is 35.6 Å². The van der Waals surface area contributed by atoms with Gasteiger partial charge in [-0.25, -0.2) is 4.39 Å². The van der Waals surface area contributed by atoms with Gasteiger partial charge in [-0.2, -0.15) is 0 Å². The van der Waals surface area contributed by atoms with Gasteiger partial charge in [0.2, 0.25) is 0 Å². The molecule has 0 spiro atoms. The number of hydrogen-bond acceptors (Lipinski definition) is 5. The monoisotopic (exact) mass is 750 g/mol. The van der Waals surface area contributed by atoms with Crippen molar-refractivity contribution < 1.29 is 28.4 Å². The minimum absolute atomic E-state index is 0.122. The molecular formula is C50H51FO5. The summed E-state index contributed by atoms with van der Waals surface area (Å²) in [5.41, 5.74) is 5.56. The lowest BCUT2D eigenvalue weighted by molar-refractivity contribution is -0.261. The van der Waals surface area contributed by atoms with Crippen molar-refractivity contribution in [2.45, 2.75) is 76.5 Å². The van der Waals surface area contributed by atoms with Gasteiger partial charge in [0.25, 0.3) is 0 Å². The average Bonchev–Trinajstić information content (AvgIpc) is 3.24. The van der Waals surface area contributed by atoms with E-state index in [0.717, 1.165) is 39.8 Å². The summed E-state index contributed by atoms with van der Waals surface area (Å²) in [6, 6.07) is 53.3. The van der Waals surface area contributed by atoms with E-state index in [2.05, 4.69) is 31.2 Å². The van der Waals surface area contributed by atoms with Crippen molar-refractivity contribution in [3.05, 3.63) is 214 Å². The first-order valence-corrected chi connectivity index (χ1v) is 19.7. The summed E-state index contributed by atoms with van der Waals surface area (Å²) in [5, 5.41) is 13.3. The fourth-order valence-electron chi connectivity index (χ4n) is 7.75. The van der Waals surface area contributed by atoms with E-state index in [0.29, 0.717) is 19.6 Å². The summed E-state index contributed by atoms with van der Waals surface area (Å²) in [7, 11) is 0. The normalized spacial score (nSPS) is 20.8. The van der Waals surface area contributed by atoms with Gasteiger partial charge in [0, 0.05) is 11.5 Å². The average molecular weight is 751 g/mol. The van der Waals surface area contributed by atoms with Gasteiger partial charge in [-0.1, -0.05) is 159 Å². The molecule has 0 bridgehead atoms. The molecule has 1 N–H and O–H groups in total. The van der Waals surface area contributed by atoms with E-state index in [9.17, 15) is 5.11 Å². The van der Waals surface area contributed by atoms with Crippen LogP contribution in [0.1, 0.15) is 57.9 Å². The molecule has 6 aromatic rings. The largest absolute Gasteiger partial charge is 0.382 e. The van der Waals surface area contributed by atoms with Crippen LogP contribution < -0.4 is 0 Å². The number of hydrogen-bond donors (Lipinski definition) is 1. The van der Waals surface area contributed by atoms with Gasteiger partial charge in [-0.15, -0.1) is 0 Å². The van der Waals surface area contributed by atoms with Crippen molar-refractivity contribution in [2.24, 2.45) is 5.92 Å². The highest BCUT2D eigenvalue weighted by Gasteiger charge is 2.56. The smallest absolute Gasteiger partial charge is 0.129 e. The molecule has 5 nitrogen and oxygen atoms in total. The van der Waals surface area contributed by atoms with Gasteiger partial charge >= 0.3 is 0 Å². The SMILES string of the molecule is CCc1ccc(Cc2ccc(F)c([C@@]3(O)C[C@H](COCc4ccccc4)[C@@H](OCc4ccccc4)[C@H](OCc4ccccc4)[C@H]3OCc3ccccc3)c2)cc1. The number of halogens is 1. The Kier molecular flexibility index (Phi) is 13.5. The summed E-state index contributed by atoms with van der Waals surface area (Å²) >= 11 is 0. The second-order valence-corrected chi connectivity index (χ2v) is 14.8. The predicted molar refractivity (Wildman–Crippen MR) is 218 cm³/mol. The predicted octanol–water partition coefficient (Wildman–Crippen LogP) is 10.2. The standard InChI is InChI=1S/C50H51FO5/c1-2-37-23-25-38(26-24-37)29-43-27-28-46(51)45(30-43)50(52)31-44(36-53-32-39-15-7-3-8-16-39)47(54-33-40-17-9-4-10-18-40)48(55-34-41-19-11-5-12-20-41)49(50)56-35-42-21-13-6-14-22-42/h3-28,30,44,47-49,52H,2,29,31-36H2,1H3/t44-,47-,48+,49-,50+/m1/s1. The van der Waals surface area contributed by atoms with E-state index in [-0.39, 0.29) is 31.8 Å². The first kappa shape index (κ1) is 39.3. The number of rotatable bonds is 17. The number of ether oxygens (including phenoxy) is 4. The fraction of sp³-hybridized carbons (Fsp3) is 0.280. The number of aliphatic hydroxyl groups is 1. The molecule has 0 unspecified atom stereocenters. The maximum absolute atomic E-state index is 16.5. The molecule has 0 saturated heterocycles. The third-order valence-corrected chi connectivity index (χ3v) is 10.8. The van der Waals surface area contributed by atoms with E-state index >= 15 is 4.39 Å². The van der Waals surface area contributed by atoms with Crippen molar-refractivity contribution in [2.75, 3.05) is 6.61 Å². The molecule has 0 aliphatic heterocycles. The van der Waals surface area contributed by atoms with Gasteiger partial charge < -0.3 is 24.1 Å². The zero-order chi connectivity index (χ0) is 38.6. The molecule has 288 valence electrons. The highest BCUT2D eigenvalue weighted by molar-refractivity contribution is 5.36. The minimum Gasteiger partial charge on any atom is -0.382 e. The zero-order valence-corrected chi connectivity index (χ0v) is 32.0. The molecular weight excluding hydrogens is 700 g/mol. The van der Waals surface area contributed by atoms with Gasteiger partial charge in [0.1, 0.15) is 23.6 Å². The molecule has 0 radical (unpaired) electrons. The minimum atomic E-state index is -1.81. The lowest BCUT2D eigenvalue weighted by Crippen LogP contribution is -2.62. The zero-order valence-electron chi connectivity index (χ0n) is 32.0. The summed E-state index contributed by atoms with van der Waals surface area (Å²) < 4.78 is 43.5. The second-order valence-electron chi connectivity index (χ2n) is 14.8. The van der Waals surface area contributed by atoms with Gasteiger partial charge in [0.15, 0.2) is 0 Å². The van der Waals surface area contributed by atoms with Crippen LogP contribution in [-0.2, 0) is 63.8 Å². The quantitative estimate of drug-likeness (QED) is 0.101. The molecule has 5 atom stereocenters. The van der Waals surface area contributed by atoms with Crippen molar-refractivity contribution in [3.8, 4) is 0 Å². The van der Waals surface area contributed by atoms with Crippen molar-refractivity contribution in [1.82, 2.24) is 0 Å². The van der Waals surface area contributed by atoms with Crippen molar-refractivity contribution in [3.63, 3.8) is 0 Å². The molecule has 6 aromatic carbocycles. The van der Waals surface area contributed by atoms with Gasteiger partial charge in [-0.3, -0.25) is 0 Å². The lowest BCUT2D eigenvalue weighted by Gasteiger charge is -2.51. The van der Waals surface area contributed by atoms with Crippen molar-refractivity contribution in [1.29, 1.82) is 0 Å². The fourth-order valence-corrected chi connectivity index (χ4v) is 7.75. The van der Waals surface area contributed by atoms with Crippen LogP contribution in [0.15, 0.2) is 164 Å². The Morgan fingerprint density at radius 1 is 0.536 bits per heavy atom. The van der Waals surface area contributed by atoms with Crippen LogP contribution in [0.5, 0.6) is 0 Å². The Labute approximate surface area is 330 Å². The third-order valence-electron chi connectivity index (χ3n) is 10.8. The first-order valence-electron chi connectivity index (χ1n) is 19.7. The van der Waals surface area contributed by atoms with Crippen LogP contribution in [-0.4, -0.2) is 30.0 Å². The Bertz CT molecular complexity index is 2060. The van der Waals surface area contributed by atoms with E-state index in [1.165, 1.54) is 11.6 Å². The van der Waals surface area contributed by atoms with Crippen molar-refractivity contribution >= 4 is 0 Å². The molecule has 0 amide bonds. The van der Waals surface area contributed by atoms with Crippen LogP contribution in [0.2, 0.25) is 0 Å². The van der Waals surface area contributed by atoms with E-state index in [1.807, 2.05) is 127 Å². The maximum Gasteiger partial charge on any atom is 0.129 e. The highest BCUT2D eigenvalue weighted by atomic mass is 19.1. The molecule has 1 aliphatic rings. The molecule has 0 heterocycles. The molecule has 7 rings (SSSR count). The molecule has 0 aromatic heterocycles. The van der Waals surface area contributed by atoms with Crippen LogP contribution in [0.25, 0.3) is 0 Å². The van der Waals surface area contributed by atoms with Crippen LogP contribution in [0.3, 0.4) is 0 Å². The second kappa shape index (κ2) is 19.3. The number of benzene rings is 6. The Morgan fingerprint density at radius 3 is 1.54 bits per heavy atom. The summed E-state index contributed by atoms with van der Waals surface area (Å²) in [6.45, 7) is 3.51. The molecule has 56 heavy (non-hydrogen) atoms. The Balaban J connectivity index is 1.29. The van der Waals surface area contributed by atoms with Crippen LogP contribution in [0, 0.1) is 11.7 Å². The third kappa shape index (κ3) is 10.1. The molecule has 1 saturated carbocycles. The highest BCUT2D eigenvalue weighted by Crippen LogP contribution is 2.46. The van der Waals surface area contributed by atoms with E-state index in [4.69, 9.17) is 18.9 Å². The molecule has 1 fully saturated rings. The molecule has 6 heteroatoms. The maximum atomic E-state index is 16.5. The van der Waals surface area contributed by atoms with Crippen LogP contribution >= 0.6 is 0 Å². The Hall–Kier alpha value is -4.95. The summed E-state index contributed by atoms with van der Waals surface area (Å²) in [6.07, 6.45) is -0.722. The topological polar surface area (TPSA) is 57.2 Å².